The van der Waals surface area contributed by atoms with Crippen LogP contribution >= 0.6 is 30.3 Å². The maximum absolute atomic E-state index is 2.46. The first-order valence-electron chi connectivity index (χ1n) is 4.99. The summed E-state index contributed by atoms with van der Waals surface area (Å²) in [5, 5.41) is 0. The van der Waals surface area contributed by atoms with Gasteiger partial charge in [0.15, 0.2) is 0 Å². The quantitative estimate of drug-likeness (QED) is 0.601. The summed E-state index contributed by atoms with van der Waals surface area (Å²) < 4.78 is 2.46. The van der Waals surface area contributed by atoms with Gasteiger partial charge in [0.2, 0.25) is 0 Å². The van der Waals surface area contributed by atoms with Crippen molar-refractivity contribution in [3.05, 3.63) is 35.9 Å². The van der Waals surface area contributed by atoms with E-state index in [1.54, 1.807) is 0 Å². The van der Waals surface area contributed by atoms with Crippen molar-refractivity contribution in [2.75, 3.05) is 13.1 Å². The highest BCUT2D eigenvalue weighted by atomic mass is 127. The molecule has 0 bridgehead atoms. The molecule has 0 aliphatic carbocycles. The maximum atomic E-state index is 2.46. The lowest BCUT2D eigenvalue weighted by molar-refractivity contribution is 0.345. The van der Waals surface area contributed by atoms with Crippen LogP contribution in [0, 0.1) is 0 Å². The van der Waals surface area contributed by atoms with Crippen molar-refractivity contribution in [3.8, 4) is 0 Å². The van der Waals surface area contributed by atoms with E-state index in [0.29, 0.717) is 0 Å². The molecule has 0 amide bonds. The van der Waals surface area contributed by atoms with Crippen LogP contribution in [0.25, 0.3) is 0 Å². The van der Waals surface area contributed by atoms with E-state index in [1.165, 1.54) is 31.5 Å². The third-order valence-electron chi connectivity index (χ3n) is 2.75. The van der Waals surface area contributed by atoms with Gasteiger partial charge in [0, 0.05) is 34.3 Å². The molecule has 0 spiro atoms. The zero-order valence-corrected chi connectivity index (χ0v) is 11.0. The van der Waals surface area contributed by atoms with E-state index >= 15 is 0 Å². The van der Waals surface area contributed by atoms with Gasteiger partial charge in [-0.25, -0.2) is 4.31 Å². The van der Waals surface area contributed by atoms with E-state index in [4.69, 9.17) is 0 Å². The standard InChI is InChI=1S/C11H14INS/c12-14-13-8-4-7-11(9-13)10-5-2-1-3-6-10/h1-3,5-6,11H,4,7-9H2. The Morgan fingerprint density at radius 3 is 2.79 bits per heavy atom. The van der Waals surface area contributed by atoms with Crippen LogP contribution in [0.4, 0.5) is 0 Å². The van der Waals surface area contributed by atoms with Crippen molar-refractivity contribution in [1.82, 2.24) is 4.31 Å². The minimum atomic E-state index is 0.743. The molecule has 1 atom stereocenters. The number of benzene rings is 1. The lowest BCUT2D eigenvalue weighted by atomic mass is 9.92. The second kappa shape index (κ2) is 5.37. The van der Waals surface area contributed by atoms with Crippen molar-refractivity contribution < 1.29 is 0 Å². The van der Waals surface area contributed by atoms with Gasteiger partial charge in [-0.3, -0.25) is 0 Å². The van der Waals surface area contributed by atoms with E-state index in [1.807, 2.05) is 9.12 Å². The minimum Gasteiger partial charge on any atom is -0.241 e. The summed E-state index contributed by atoms with van der Waals surface area (Å²) in [5.41, 5.74) is 1.50. The van der Waals surface area contributed by atoms with Gasteiger partial charge in [-0.05, 0) is 33.4 Å². The summed E-state index contributed by atoms with van der Waals surface area (Å²) in [6.45, 7) is 2.45. The van der Waals surface area contributed by atoms with Gasteiger partial charge >= 0.3 is 0 Å². The Kier molecular flexibility index (Phi) is 4.13. The summed E-state index contributed by atoms with van der Waals surface area (Å²) in [6.07, 6.45) is 2.67. The van der Waals surface area contributed by atoms with E-state index in [-0.39, 0.29) is 0 Å². The average Bonchev–Trinajstić information content (AvgIpc) is 2.30. The average molecular weight is 319 g/mol. The Balaban J connectivity index is 2.04. The molecule has 1 aliphatic rings. The minimum absolute atomic E-state index is 0.743. The van der Waals surface area contributed by atoms with Gasteiger partial charge in [0.1, 0.15) is 0 Å². The molecule has 76 valence electrons. The maximum Gasteiger partial charge on any atom is 0.0165 e. The van der Waals surface area contributed by atoms with Gasteiger partial charge < -0.3 is 0 Å². The molecule has 2 rings (SSSR count). The summed E-state index contributed by atoms with van der Waals surface area (Å²) >= 11 is 2.38. The van der Waals surface area contributed by atoms with Gasteiger partial charge in [0.25, 0.3) is 0 Å². The monoisotopic (exact) mass is 319 g/mol. The molecule has 1 heterocycles. The van der Waals surface area contributed by atoms with Crippen LogP contribution in [0.15, 0.2) is 30.3 Å². The molecule has 1 saturated heterocycles. The summed E-state index contributed by atoms with van der Waals surface area (Å²) in [5.74, 6) is 0.743. The second-order valence-corrected chi connectivity index (χ2v) is 5.54. The molecule has 1 unspecified atom stereocenters. The zero-order chi connectivity index (χ0) is 9.80. The topological polar surface area (TPSA) is 3.24 Å². The summed E-state index contributed by atoms with van der Waals surface area (Å²) in [7, 11) is 1.85. The molecule has 3 heteroatoms. The number of halogens is 1. The molecule has 1 aliphatic heterocycles. The molecule has 1 aromatic rings. The van der Waals surface area contributed by atoms with Crippen molar-refractivity contribution in [1.29, 1.82) is 0 Å². The van der Waals surface area contributed by atoms with Crippen LogP contribution in [-0.4, -0.2) is 17.4 Å². The van der Waals surface area contributed by atoms with Gasteiger partial charge in [0.05, 0.1) is 0 Å². The molecule has 0 N–H and O–H groups in total. The van der Waals surface area contributed by atoms with Crippen molar-refractivity contribution in [3.63, 3.8) is 0 Å². The number of piperidine rings is 1. The molecule has 1 fully saturated rings. The number of rotatable bonds is 2. The molecule has 0 radical (unpaired) electrons. The van der Waals surface area contributed by atoms with Gasteiger partial charge in [-0.15, -0.1) is 0 Å². The highest BCUT2D eigenvalue weighted by molar-refractivity contribution is 14.2. The van der Waals surface area contributed by atoms with Gasteiger partial charge in [-0.2, -0.15) is 0 Å². The van der Waals surface area contributed by atoms with Crippen molar-refractivity contribution in [2.45, 2.75) is 18.8 Å². The largest absolute Gasteiger partial charge is 0.241 e. The number of hydrogen-bond acceptors (Lipinski definition) is 2. The van der Waals surface area contributed by atoms with Crippen LogP contribution in [0.3, 0.4) is 0 Å². The SMILES string of the molecule is ISN1CCCC(c2ccccc2)C1. The molecule has 14 heavy (non-hydrogen) atoms. The van der Waals surface area contributed by atoms with Crippen LogP contribution < -0.4 is 0 Å². The molecule has 0 saturated carbocycles. The summed E-state index contributed by atoms with van der Waals surface area (Å²) in [6, 6.07) is 10.9. The lowest BCUT2D eigenvalue weighted by Crippen LogP contribution is -2.28. The first kappa shape index (κ1) is 10.8. The van der Waals surface area contributed by atoms with Crippen LogP contribution in [0.5, 0.6) is 0 Å². The smallest absolute Gasteiger partial charge is 0.0165 e. The number of nitrogens with zero attached hydrogens (tertiary/aromatic N) is 1. The molecular weight excluding hydrogens is 305 g/mol. The third kappa shape index (κ3) is 2.64. The van der Waals surface area contributed by atoms with Gasteiger partial charge in [-0.1, -0.05) is 30.3 Å². The fourth-order valence-electron chi connectivity index (χ4n) is 2.00. The van der Waals surface area contributed by atoms with E-state index in [0.717, 1.165) is 5.92 Å². The lowest BCUT2D eigenvalue weighted by Gasteiger charge is -2.30. The first-order chi connectivity index (χ1) is 6.90. The normalized spacial score (nSPS) is 23.6. The highest BCUT2D eigenvalue weighted by Gasteiger charge is 2.20. The Morgan fingerprint density at radius 1 is 1.29 bits per heavy atom. The molecule has 1 nitrogen and oxygen atoms in total. The third-order valence-corrected chi connectivity index (χ3v) is 4.95. The van der Waals surface area contributed by atoms with Crippen LogP contribution in [0.1, 0.15) is 24.3 Å². The number of hydrogen-bond donors (Lipinski definition) is 0. The zero-order valence-electron chi connectivity index (χ0n) is 8.03. The van der Waals surface area contributed by atoms with Crippen molar-refractivity contribution in [2.24, 2.45) is 0 Å². The molecular formula is C11H14INS. The summed E-state index contributed by atoms with van der Waals surface area (Å²) in [4.78, 5) is 0. The predicted octanol–water partition coefficient (Wildman–Crippen LogP) is 3.86. The molecule has 0 aromatic heterocycles. The van der Waals surface area contributed by atoms with Crippen LogP contribution in [0.2, 0.25) is 0 Å². The Labute approximate surface area is 102 Å². The van der Waals surface area contributed by atoms with E-state index in [9.17, 15) is 0 Å². The first-order valence-corrected chi connectivity index (χ1v) is 8.30. The molecule has 1 aromatic carbocycles. The van der Waals surface area contributed by atoms with E-state index in [2.05, 4.69) is 55.8 Å². The van der Waals surface area contributed by atoms with E-state index < -0.39 is 0 Å². The fraction of sp³-hybridized carbons (Fsp3) is 0.455. The van der Waals surface area contributed by atoms with Crippen LogP contribution in [-0.2, 0) is 0 Å². The predicted molar refractivity (Wildman–Crippen MR) is 71.6 cm³/mol. The Hall–Kier alpha value is 0.260. The fourth-order valence-corrected chi connectivity index (χ4v) is 3.51. The second-order valence-electron chi connectivity index (χ2n) is 3.71. The Bertz CT molecular complexity index is 278. The highest BCUT2D eigenvalue weighted by Crippen LogP contribution is 2.31. The van der Waals surface area contributed by atoms with Crippen molar-refractivity contribution >= 4 is 30.3 Å². The Morgan fingerprint density at radius 2 is 2.07 bits per heavy atom.